The number of rotatable bonds is 0. The summed E-state index contributed by atoms with van der Waals surface area (Å²) in [5, 5.41) is 0. The molecule has 1 atom stereocenters. The molecule has 0 spiro atoms. The van der Waals surface area contributed by atoms with Gasteiger partial charge in [-0.25, -0.2) is 17.6 Å². The second-order valence-electron chi connectivity index (χ2n) is 4.06. The molecule has 0 heterocycles. The van der Waals surface area contributed by atoms with Gasteiger partial charge in [0.05, 0.1) is 0 Å². The van der Waals surface area contributed by atoms with Gasteiger partial charge < -0.3 is 0 Å². The van der Waals surface area contributed by atoms with Gasteiger partial charge in [-0.05, 0) is 36.3 Å². The molecule has 1 aromatic rings. The van der Waals surface area contributed by atoms with Crippen LogP contribution < -0.4 is 0 Å². The summed E-state index contributed by atoms with van der Waals surface area (Å²) in [5.41, 5.74) is 0.00894. The molecule has 0 radical (unpaired) electrons. The van der Waals surface area contributed by atoms with Crippen LogP contribution in [-0.2, 0) is 12.8 Å². The lowest BCUT2D eigenvalue weighted by Crippen LogP contribution is -2.17. The van der Waals surface area contributed by atoms with E-state index < -0.39 is 23.3 Å². The van der Waals surface area contributed by atoms with Crippen LogP contribution >= 0.6 is 0 Å². The zero-order valence-corrected chi connectivity index (χ0v) is 8.21. The van der Waals surface area contributed by atoms with E-state index in [4.69, 9.17) is 0 Å². The van der Waals surface area contributed by atoms with Crippen LogP contribution in [0, 0.1) is 29.2 Å². The summed E-state index contributed by atoms with van der Waals surface area (Å²) < 4.78 is 52.4. The monoisotopic (exact) mass is 218 g/mol. The zero-order chi connectivity index (χ0) is 11.2. The van der Waals surface area contributed by atoms with Crippen molar-refractivity contribution < 1.29 is 17.6 Å². The number of hydrogen-bond donors (Lipinski definition) is 0. The Hall–Kier alpha value is -1.06. The highest BCUT2D eigenvalue weighted by molar-refractivity contribution is 5.34. The molecule has 0 aromatic heterocycles. The highest BCUT2D eigenvalue weighted by Gasteiger charge is 2.28. The summed E-state index contributed by atoms with van der Waals surface area (Å²) in [7, 11) is 0. The van der Waals surface area contributed by atoms with Gasteiger partial charge in [0.15, 0.2) is 23.3 Å². The average molecular weight is 218 g/mol. The second kappa shape index (κ2) is 3.51. The molecule has 4 heteroatoms. The molecule has 0 saturated heterocycles. The molecule has 1 aromatic carbocycles. The molecule has 0 bridgehead atoms. The minimum Gasteiger partial charge on any atom is -0.203 e. The van der Waals surface area contributed by atoms with Gasteiger partial charge in [0.1, 0.15) is 0 Å². The van der Waals surface area contributed by atoms with Gasteiger partial charge in [-0.2, -0.15) is 0 Å². The van der Waals surface area contributed by atoms with E-state index in [0.717, 1.165) is 0 Å². The van der Waals surface area contributed by atoms with E-state index in [0.29, 0.717) is 6.42 Å². The molecule has 0 amide bonds. The number of benzene rings is 1. The predicted molar refractivity (Wildman–Crippen MR) is 47.5 cm³/mol. The highest BCUT2D eigenvalue weighted by Crippen LogP contribution is 2.32. The smallest absolute Gasteiger partial charge is 0.197 e. The lowest BCUT2D eigenvalue weighted by Gasteiger charge is -2.22. The summed E-state index contributed by atoms with van der Waals surface area (Å²) in [6.45, 7) is 1.88. The Morgan fingerprint density at radius 3 is 2.00 bits per heavy atom. The third kappa shape index (κ3) is 1.52. The quantitative estimate of drug-likeness (QED) is 0.356. The highest BCUT2D eigenvalue weighted by atomic mass is 19.2. The van der Waals surface area contributed by atoms with E-state index in [1.165, 1.54) is 0 Å². The molecule has 82 valence electrons. The number of hydrogen-bond acceptors (Lipinski definition) is 0. The lowest BCUT2D eigenvalue weighted by molar-refractivity contribution is 0.378. The Morgan fingerprint density at radius 1 is 0.867 bits per heavy atom. The van der Waals surface area contributed by atoms with Gasteiger partial charge in [-0.15, -0.1) is 0 Å². The predicted octanol–water partition coefficient (Wildman–Crippen LogP) is 3.37. The van der Waals surface area contributed by atoms with E-state index >= 15 is 0 Å². The first-order valence-electron chi connectivity index (χ1n) is 4.86. The van der Waals surface area contributed by atoms with Crippen molar-refractivity contribution in [2.45, 2.75) is 26.2 Å². The van der Waals surface area contributed by atoms with E-state index in [9.17, 15) is 17.6 Å². The summed E-state index contributed by atoms with van der Waals surface area (Å²) in [5.74, 6) is -5.66. The molecule has 15 heavy (non-hydrogen) atoms. The van der Waals surface area contributed by atoms with Gasteiger partial charge in [0, 0.05) is 0 Å². The maximum Gasteiger partial charge on any atom is 0.197 e. The molecular formula is C11H10F4. The molecule has 0 fully saturated rings. The minimum atomic E-state index is -1.69. The van der Waals surface area contributed by atoms with E-state index in [1.54, 1.807) is 0 Å². The maximum absolute atomic E-state index is 13.3. The molecular weight excluding hydrogens is 208 g/mol. The topological polar surface area (TPSA) is 0 Å². The number of fused-ring (bicyclic) bond motifs is 1. The Labute approximate surface area is 84.9 Å². The maximum atomic E-state index is 13.3. The van der Waals surface area contributed by atoms with Crippen LogP contribution in [-0.4, -0.2) is 0 Å². The van der Waals surface area contributed by atoms with Crippen LogP contribution in [0.2, 0.25) is 0 Å². The Morgan fingerprint density at radius 2 is 1.40 bits per heavy atom. The first-order chi connectivity index (χ1) is 7.02. The van der Waals surface area contributed by atoms with Gasteiger partial charge in [0.25, 0.3) is 0 Å². The average Bonchev–Trinajstić information content (AvgIpc) is 2.23. The first-order valence-corrected chi connectivity index (χ1v) is 4.86. The summed E-state index contributed by atoms with van der Waals surface area (Å²) in [6, 6.07) is 0. The van der Waals surface area contributed by atoms with E-state index in [-0.39, 0.29) is 29.9 Å². The van der Waals surface area contributed by atoms with Crippen molar-refractivity contribution in [3.05, 3.63) is 34.4 Å². The standard InChI is InChI=1S/C11H10F4/c1-5-2-3-6-7(4-5)9(13)11(15)10(14)8(6)12/h5H,2-4H2,1H3/t5-/m1/s1. The molecule has 1 aliphatic carbocycles. The van der Waals surface area contributed by atoms with Gasteiger partial charge in [0.2, 0.25) is 0 Å². The third-order valence-electron chi connectivity index (χ3n) is 2.91. The van der Waals surface area contributed by atoms with Crippen LogP contribution in [0.1, 0.15) is 24.5 Å². The Bertz CT molecular complexity index is 412. The van der Waals surface area contributed by atoms with Gasteiger partial charge >= 0.3 is 0 Å². The largest absolute Gasteiger partial charge is 0.203 e. The molecule has 0 unspecified atom stereocenters. The normalized spacial score (nSPS) is 20.2. The van der Waals surface area contributed by atoms with Crippen molar-refractivity contribution in [3.8, 4) is 0 Å². The van der Waals surface area contributed by atoms with Crippen LogP contribution in [0.15, 0.2) is 0 Å². The molecule has 0 N–H and O–H groups in total. The van der Waals surface area contributed by atoms with E-state index in [2.05, 4.69) is 0 Å². The van der Waals surface area contributed by atoms with Crippen LogP contribution in [0.25, 0.3) is 0 Å². The second-order valence-corrected chi connectivity index (χ2v) is 4.06. The third-order valence-corrected chi connectivity index (χ3v) is 2.91. The zero-order valence-electron chi connectivity index (χ0n) is 8.21. The van der Waals surface area contributed by atoms with E-state index in [1.807, 2.05) is 6.92 Å². The Balaban J connectivity index is 2.65. The van der Waals surface area contributed by atoms with Crippen molar-refractivity contribution >= 4 is 0 Å². The van der Waals surface area contributed by atoms with Crippen LogP contribution in [0.4, 0.5) is 17.6 Å². The summed E-state index contributed by atoms with van der Waals surface area (Å²) in [4.78, 5) is 0. The molecule has 0 nitrogen and oxygen atoms in total. The van der Waals surface area contributed by atoms with Crippen molar-refractivity contribution in [1.82, 2.24) is 0 Å². The summed E-state index contributed by atoms with van der Waals surface area (Å²) in [6.07, 6.45) is 1.22. The fraction of sp³-hybridized carbons (Fsp3) is 0.455. The van der Waals surface area contributed by atoms with Crippen molar-refractivity contribution in [1.29, 1.82) is 0 Å². The van der Waals surface area contributed by atoms with Crippen LogP contribution in [0.5, 0.6) is 0 Å². The summed E-state index contributed by atoms with van der Waals surface area (Å²) >= 11 is 0. The first kappa shape index (κ1) is 10.5. The number of halogens is 4. The Kier molecular flexibility index (Phi) is 2.44. The minimum absolute atomic E-state index is 0.00417. The molecule has 0 aliphatic heterocycles. The SMILES string of the molecule is C[C@@H]1CCc2c(F)c(F)c(F)c(F)c2C1. The van der Waals surface area contributed by atoms with Crippen LogP contribution in [0.3, 0.4) is 0 Å². The van der Waals surface area contributed by atoms with Gasteiger partial charge in [-0.1, -0.05) is 6.92 Å². The van der Waals surface area contributed by atoms with Crippen molar-refractivity contribution in [2.75, 3.05) is 0 Å². The fourth-order valence-corrected chi connectivity index (χ4v) is 2.04. The molecule has 2 rings (SSSR count). The van der Waals surface area contributed by atoms with Gasteiger partial charge in [-0.3, -0.25) is 0 Å². The van der Waals surface area contributed by atoms with Crippen molar-refractivity contribution in [3.63, 3.8) is 0 Å². The van der Waals surface area contributed by atoms with Crippen molar-refractivity contribution in [2.24, 2.45) is 5.92 Å². The fourth-order valence-electron chi connectivity index (χ4n) is 2.04. The molecule has 1 aliphatic rings. The molecule has 0 saturated carbocycles. The lowest BCUT2D eigenvalue weighted by atomic mass is 9.84.